The first-order valence-electron chi connectivity index (χ1n) is 9.22. The van der Waals surface area contributed by atoms with Crippen LogP contribution in [-0.2, 0) is 10.5 Å². The van der Waals surface area contributed by atoms with E-state index in [0.29, 0.717) is 28.1 Å². The Hall–Kier alpha value is -3.65. The fourth-order valence-corrected chi connectivity index (χ4v) is 4.12. The van der Waals surface area contributed by atoms with E-state index in [0.717, 1.165) is 22.1 Å². The summed E-state index contributed by atoms with van der Waals surface area (Å²) in [6, 6.07) is 18.9. The van der Waals surface area contributed by atoms with Crippen LogP contribution in [0.2, 0.25) is 0 Å². The summed E-state index contributed by atoms with van der Waals surface area (Å²) in [5, 5.41) is 10.5. The zero-order valence-electron chi connectivity index (χ0n) is 16.0. The van der Waals surface area contributed by atoms with Crippen molar-refractivity contribution in [1.29, 1.82) is 0 Å². The number of aromatic nitrogens is 4. The molecular formula is C22H16N4O3S. The molecule has 7 nitrogen and oxygen atoms in total. The Morgan fingerprint density at radius 2 is 1.90 bits per heavy atom. The molecule has 2 aromatic carbocycles. The van der Waals surface area contributed by atoms with E-state index >= 15 is 0 Å². The summed E-state index contributed by atoms with van der Waals surface area (Å²) in [7, 11) is 1.37. The zero-order valence-corrected chi connectivity index (χ0v) is 16.8. The van der Waals surface area contributed by atoms with Gasteiger partial charge in [0.2, 0.25) is 0 Å². The van der Waals surface area contributed by atoms with E-state index in [4.69, 9.17) is 14.1 Å². The highest BCUT2D eigenvalue weighted by molar-refractivity contribution is 7.98. The number of thioether (sulfide) groups is 1. The van der Waals surface area contributed by atoms with E-state index < -0.39 is 0 Å². The molecule has 0 aliphatic heterocycles. The van der Waals surface area contributed by atoms with Gasteiger partial charge in [-0.15, -0.1) is 10.2 Å². The van der Waals surface area contributed by atoms with Crippen LogP contribution >= 0.6 is 11.8 Å². The molecule has 0 spiro atoms. The predicted molar refractivity (Wildman–Crippen MR) is 113 cm³/mol. The lowest BCUT2D eigenvalue weighted by Crippen LogP contribution is -2.01. The van der Waals surface area contributed by atoms with Gasteiger partial charge >= 0.3 is 5.97 Å². The van der Waals surface area contributed by atoms with Gasteiger partial charge < -0.3 is 9.15 Å². The summed E-state index contributed by atoms with van der Waals surface area (Å²) < 4.78 is 12.3. The van der Waals surface area contributed by atoms with Crippen molar-refractivity contribution in [1.82, 2.24) is 19.6 Å². The van der Waals surface area contributed by atoms with Gasteiger partial charge in [0, 0.05) is 11.1 Å². The fraction of sp³-hybridized carbons (Fsp3) is 0.0909. The quantitative estimate of drug-likeness (QED) is 0.305. The number of nitrogens with zero attached hydrogens (tertiary/aromatic N) is 4. The molecule has 0 N–H and O–H groups in total. The highest BCUT2D eigenvalue weighted by atomic mass is 32.2. The minimum Gasteiger partial charge on any atom is -0.465 e. The molecule has 148 valence electrons. The van der Waals surface area contributed by atoms with Crippen molar-refractivity contribution in [3.8, 4) is 11.6 Å². The van der Waals surface area contributed by atoms with Gasteiger partial charge in [-0.3, -0.25) is 4.40 Å². The summed E-state index contributed by atoms with van der Waals surface area (Å²) in [6.07, 6.45) is 1.62. The van der Waals surface area contributed by atoms with Crippen molar-refractivity contribution < 1.29 is 13.9 Å². The predicted octanol–water partition coefficient (Wildman–Crippen LogP) is 4.62. The molecule has 0 atom stereocenters. The van der Waals surface area contributed by atoms with Crippen LogP contribution in [0.1, 0.15) is 15.9 Å². The summed E-state index contributed by atoms with van der Waals surface area (Å²) in [6.45, 7) is 0. The van der Waals surface area contributed by atoms with Gasteiger partial charge in [0.15, 0.2) is 22.4 Å². The average Bonchev–Trinajstić information content (AvgIpc) is 3.47. The SMILES string of the molecule is COC(=O)c1ccc(CSc2nnc3c4ccccc4nc(-c4ccco4)n23)cc1. The third-order valence-electron chi connectivity index (χ3n) is 4.70. The molecule has 0 unspecified atom stereocenters. The third-order valence-corrected chi connectivity index (χ3v) is 5.70. The minimum atomic E-state index is -0.348. The second kappa shape index (κ2) is 7.64. The number of para-hydroxylation sites is 1. The Morgan fingerprint density at radius 1 is 1.07 bits per heavy atom. The fourth-order valence-electron chi connectivity index (χ4n) is 3.23. The summed E-state index contributed by atoms with van der Waals surface area (Å²) in [4.78, 5) is 16.4. The van der Waals surface area contributed by atoms with Crippen molar-refractivity contribution in [2.75, 3.05) is 7.11 Å². The zero-order chi connectivity index (χ0) is 20.5. The van der Waals surface area contributed by atoms with Crippen LogP contribution in [0.3, 0.4) is 0 Å². The molecule has 0 radical (unpaired) electrons. The Kier molecular flexibility index (Phi) is 4.68. The number of hydrogen-bond donors (Lipinski definition) is 0. The van der Waals surface area contributed by atoms with Crippen molar-refractivity contribution in [3.05, 3.63) is 78.1 Å². The molecular weight excluding hydrogens is 400 g/mol. The number of ether oxygens (including phenoxy) is 1. The second-order valence-electron chi connectivity index (χ2n) is 6.55. The second-order valence-corrected chi connectivity index (χ2v) is 7.49. The number of carbonyl (C=O) groups excluding carboxylic acids is 1. The standard InChI is InChI=1S/C22H16N4O3S/c1-28-21(27)15-10-8-14(9-11-15)13-30-22-25-24-19-16-5-2-3-6-17(16)23-20(26(19)22)18-7-4-12-29-18/h2-12H,13H2,1H3. The number of hydrogen-bond acceptors (Lipinski definition) is 7. The number of esters is 1. The third kappa shape index (κ3) is 3.21. The van der Waals surface area contributed by atoms with Crippen LogP contribution in [0, 0.1) is 0 Å². The van der Waals surface area contributed by atoms with Crippen molar-refractivity contribution in [2.45, 2.75) is 10.9 Å². The van der Waals surface area contributed by atoms with Gasteiger partial charge in [0.05, 0.1) is 24.5 Å². The van der Waals surface area contributed by atoms with Crippen LogP contribution < -0.4 is 0 Å². The van der Waals surface area contributed by atoms with Crippen LogP contribution in [0.15, 0.2) is 76.5 Å². The number of fused-ring (bicyclic) bond motifs is 3. The van der Waals surface area contributed by atoms with Gasteiger partial charge in [0.1, 0.15) is 0 Å². The lowest BCUT2D eigenvalue weighted by atomic mass is 10.1. The van der Waals surface area contributed by atoms with Gasteiger partial charge in [-0.25, -0.2) is 9.78 Å². The molecule has 30 heavy (non-hydrogen) atoms. The molecule has 5 aromatic rings. The van der Waals surface area contributed by atoms with E-state index in [1.165, 1.54) is 7.11 Å². The van der Waals surface area contributed by atoms with E-state index in [1.807, 2.05) is 52.9 Å². The molecule has 0 aliphatic rings. The van der Waals surface area contributed by atoms with Crippen molar-refractivity contribution in [2.24, 2.45) is 0 Å². The average molecular weight is 416 g/mol. The molecule has 0 amide bonds. The number of methoxy groups -OCH3 is 1. The van der Waals surface area contributed by atoms with Crippen LogP contribution in [0.5, 0.6) is 0 Å². The Balaban J connectivity index is 1.53. The maximum absolute atomic E-state index is 11.6. The lowest BCUT2D eigenvalue weighted by molar-refractivity contribution is 0.0600. The minimum absolute atomic E-state index is 0.348. The molecule has 5 rings (SSSR count). The van der Waals surface area contributed by atoms with E-state index in [1.54, 1.807) is 30.2 Å². The topological polar surface area (TPSA) is 82.5 Å². The molecule has 0 aliphatic carbocycles. The number of rotatable bonds is 5. The molecule has 3 aromatic heterocycles. The first-order chi connectivity index (χ1) is 14.7. The molecule has 0 fully saturated rings. The highest BCUT2D eigenvalue weighted by Crippen LogP contribution is 2.30. The molecule has 8 heteroatoms. The summed E-state index contributed by atoms with van der Waals surface area (Å²) >= 11 is 1.54. The number of benzene rings is 2. The molecule has 0 saturated carbocycles. The Labute approximate surface area is 175 Å². The normalized spacial score (nSPS) is 11.2. The number of furan rings is 1. The van der Waals surface area contributed by atoms with Crippen LogP contribution in [-0.4, -0.2) is 32.7 Å². The van der Waals surface area contributed by atoms with Crippen LogP contribution in [0.4, 0.5) is 0 Å². The van der Waals surface area contributed by atoms with Gasteiger partial charge in [-0.2, -0.15) is 0 Å². The van der Waals surface area contributed by atoms with E-state index in [9.17, 15) is 4.79 Å². The van der Waals surface area contributed by atoms with E-state index in [2.05, 4.69) is 10.2 Å². The Morgan fingerprint density at radius 3 is 2.67 bits per heavy atom. The lowest BCUT2D eigenvalue weighted by Gasteiger charge is -2.08. The van der Waals surface area contributed by atoms with Crippen molar-refractivity contribution in [3.63, 3.8) is 0 Å². The molecule has 0 saturated heterocycles. The monoisotopic (exact) mass is 416 g/mol. The first-order valence-corrected chi connectivity index (χ1v) is 10.2. The number of carbonyl (C=O) groups is 1. The first kappa shape index (κ1) is 18.4. The molecule has 0 bridgehead atoms. The van der Waals surface area contributed by atoms with Gasteiger partial charge in [0.25, 0.3) is 0 Å². The van der Waals surface area contributed by atoms with Gasteiger partial charge in [-0.1, -0.05) is 36.0 Å². The van der Waals surface area contributed by atoms with E-state index in [-0.39, 0.29) is 5.97 Å². The summed E-state index contributed by atoms with van der Waals surface area (Å²) in [5.41, 5.74) is 3.14. The molecule has 3 heterocycles. The maximum atomic E-state index is 11.6. The van der Waals surface area contributed by atoms with Gasteiger partial charge in [-0.05, 0) is 42.0 Å². The van der Waals surface area contributed by atoms with Crippen molar-refractivity contribution >= 4 is 34.3 Å². The smallest absolute Gasteiger partial charge is 0.337 e. The maximum Gasteiger partial charge on any atom is 0.337 e. The largest absolute Gasteiger partial charge is 0.465 e. The highest BCUT2D eigenvalue weighted by Gasteiger charge is 2.18. The van der Waals surface area contributed by atoms with Crippen LogP contribution in [0.25, 0.3) is 28.1 Å². The summed E-state index contributed by atoms with van der Waals surface area (Å²) in [5.74, 6) is 1.61. The Bertz CT molecular complexity index is 1340.